The Balaban J connectivity index is 1.91. The molecule has 2 aliphatic heterocycles. The number of hydrogen-bond donors (Lipinski definition) is 8. The van der Waals surface area contributed by atoms with Gasteiger partial charge in [-0.05, 0) is 12.8 Å². The first kappa shape index (κ1) is 49.6. The first-order valence-electron chi connectivity index (χ1n) is 20.7. The van der Waals surface area contributed by atoms with Crippen LogP contribution < -0.4 is 0 Å². The highest BCUT2D eigenvalue weighted by Gasteiger charge is 2.48. The Morgan fingerprint density at radius 1 is 0.527 bits per heavy atom. The quantitative estimate of drug-likeness (QED) is 0.0295. The van der Waals surface area contributed by atoms with Gasteiger partial charge in [-0.3, -0.25) is 9.59 Å². The molecular weight excluding hydrogens is 724 g/mol. The number of unbranched alkanes of at least 4 members (excludes halogenated alkanes) is 16. The molecule has 0 radical (unpaired) electrons. The molecule has 0 unspecified atom stereocenters. The van der Waals surface area contributed by atoms with Crippen LogP contribution in [0.3, 0.4) is 0 Å². The molecule has 55 heavy (non-hydrogen) atoms. The van der Waals surface area contributed by atoms with E-state index in [1.54, 1.807) is 0 Å². The van der Waals surface area contributed by atoms with E-state index < -0.39 is 106 Å². The number of carbonyl (C=O) groups is 2. The van der Waals surface area contributed by atoms with Crippen molar-refractivity contribution in [3.05, 3.63) is 0 Å². The summed E-state index contributed by atoms with van der Waals surface area (Å²) in [5, 5.41) is 82.3. The molecule has 2 fully saturated rings. The molecule has 2 aliphatic rings. The summed E-state index contributed by atoms with van der Waals surface area (Å²) in [6.07, 6.45) is -0.625. The number of esters is 2. The maximum absolute atomic E-state index is 12.8. The van der Waals surface area contributed by atoms with Gasteiger partial charge in [-0.1, -0.05) is 117 Å². The largest absolute Gasteiger partial charge is 0.453 e. The zero-order valence-corrected chi connectivity index (χ0v) is 33.0. The van der Waals surface area contributed by atoms with Gasteiger partial charge < -0.3 is 69.3 Å². The minimum Gasteiger partial charge on any atom is -0.453 e. The number of ether oxygens (including phenoxy) is 6. The summed E-state index contributed by atoms with van der Waals surface area (Å²) in [5.41, 5.74) is 0. The standard InChI is InChI=1S/C39H72O16/c1-3-5-7-9-11-12-13-14-15-16-18-20-22-30(42)55-37(49)28(52-29(41)21-19-17-10-8-6-4-2)25-51-39-36(48)34(46)32(44)27(54-39)24-50-38-35(47)33(45)31(43)26(23-40)53-38/h26-28,31-40,43-49H,3-25H2,1-2H3/t26-,27-,28+,31+,32+,33+,34+,35-,36-,37-,38+,39-/m1/s1. The number of rotatable bonds is 30. The average molecular weight is 797 g/mol. The molecule has 0 aliphatic carbocycles. The van der Waals surface area contributed by atoms with Crippen molar-refractivity contribution in [1.82, 2.24) is 0 Å². The summed E-state index contributed by atoms with van der Waals surface area (Å²) >= 11 is 0. The summed E-state index contributed by atoms with van der Waals surface area (Å²) in [4.78, 5) is 25.4. The van der Waals surface area contributed by atoms with Crippen LogP contribution in [0.4, 0.5) is 0 Å². The van der Waals surface area contributed by atoms with Crippen molar-refractivity contribution >= 4 is 11.9 Å². The number of carbonyl (C=O) groups excluding carboxylic acids is 2. The number of aliphatic hydroxyl groups excluding tert-OH is 8. The molecule has 2 saturated heterocycles. The van der Waals surface area contributed by atoms with Crippen molar-refractivity contribution in [2.45, 2.75) is 216 Å². The van der Waals surface area contributed by atoms with E-state index in [1.807, 2.05) is 0 Å². The van der Waals surface area contributed by atoms with E-state index in [4.69, 9.17) is 28.4 Å². The van der Waals surface area contributed by atoms with E-state index in [-0.39, 0.29) is 12.8 Å². The average Bonchev–Trinajstić information content (AvgIpc) is 3.17. The molecule has 2 heterocycles. The molecular formula is C39H72O16. The van der Waals surface area contributed by atoms with Gasteiger partial charge in [0.05, 0.1) is 19.8 Å². The maximum Gasteiger partial charge on any atom is 0.308 e. The number of aliphatic hydroxyl groups is 8. The number of hydrogen-bond acceptors (Lipinski definition) is 16. The van der Waals surface area contributed by atoms with Gasteiger partial charge in [0.2, 0.25) is 6.29 Å². The Morgan fingerprint density at radius 3 is 1.40 bits per heavy atom. The van der Waals surface area contributed by atoms with Crippen molar-refractivity contribution in [3.8, 4) is 0 Å². The third-order valence-electron chi connectivity index (χ3n) is 10.2. The Kier molecular flexibility index (Phi) is 26.0. The van der Waals surface area contributed by atoms with Crippen molar-refractivity contribution in [3.63, 3.8) is 0 Å². The van der Waals surface area contributed by atoms with Crippen LogP contribution in [0.1, 0.15) is 142 Å². The van der Waals surface area contributed by atoms with E-state index in [2.05, 4.69) is 13.8 Å². The topological polar surface area (TPSA) is 251 Å². The SMILES string of the molecule is CCCCCCCCCCCCCCC(=O)O[C@@H](O)[C@H](CO[C@@H]1O[C@H](CO[C@H]2O[C@H](CO)[C@H](O)[C@H](O)[C@H]2O)[C@H](O)[C@H](O)[C@H]1O)OC(=O)CCCCCCCC. The van der Waals surface area contributed by atoms with Crippen molar-refractivity contribution in [2.24, 2.45) is 0 Å². The fourth-order valence-electron chi connectivity index (χ4n) is 6.61. The molecule has 16 heteroatoms. The minimum atomic E-state index is -1.92. The summed E-state index contributed by atoms with van der Waals surface area (Å²) < 4.78 is 32.7. The highest BCUT2D eigenvalue weighted by molar-refractivity contribution is 5.70. The molecule has 0 spiro atoms. The van der Waals surface area contributed by atoms with Crippen LogP contribution in [-0.2, 0) is 38.0 Å². The highest BCUT2D eigenvalue weighted by atomic mass is 16.7. The second-order valence-corrected chi connectivity index (χ2v) is 14.9. The molecule has 2 rings (SSSR count). The van der Waals surface area contributed by atoms with Gasteiger partial charge in [-0.2, -0.15) is 0 Å². The second-order valence-electron chi connectivity index (χ2n) is 14.9. The Bertz CT molecular complexity index is 1000. The third-order valence-corrected chi connectivity index (χ3v) is 10.2. The maximum atomic E-state index is 12.8. The zero-order chi connectivity index (χ0) is 40.6. The molecule has 12 atom stereocenters. The Hall–Kier alpha value is -1.54. The Labute approximate surface area is 326 Å². The van der Waals surface area contributed by atoms with Gasteiger partial charge in [0, 0.05) is 12.8 Å². The lowest BCUT2D eigenvalue weighted by atomic mass is 9.98. The van der Waals surface area contributed by atoms with E-state index in [0.29, 0.717) is 12.8 Å². The van der Waals surface area contributed by atoms with Gasteiger partial charge in [-0.15, -0.1) is 0 Å². The van der Waals surface area contributed by atoms with Gasteiger partial charge in [-0.25, -0.2) is 0 Å². The van der Waals surface area contributed by atoms with Crippen LogP contribution in [0.25, 0.3) is 0 Å². The van der Waals surface area contributed by atoms with Crippen molar-refractivity contribution in [1.29, 1.82) is 0 Å². The van der Waals surface area contributed by atoms with E-state index in [9.17, 15) is 50.4 Å². The molecule has 0 saturated carbocycles. The third kappa shape index (κ3) is 18.7. The van der Waals surface area contributed by atoms with Gasteiger partial charge >= 0.3 is 11.9 Å². The van der Waals surface area contributed by atoms with Crippen LogP contribution in [0.15, 0.2) is 0 Å². The van der Waals surface area contributed by atoms with Gasteiger partial charge in [0.25, 0.3) is 0 Å². The molecule has 324 valence electrons. The van der Waals surface area contributed by atoms with E-state index in [1.165, 1.54) is 44.9 Å². The summed E-state index contributed by atoms with van der Waals surface area (Å²) in [7, 11) is 0. The summed E-state index contributed by atoms with van der Waals surface area (Å²) in [5.74, 6) is -1.35. The first-order chi connectivity index (χ1) is 26.4. The Morgan fingerprint density at radius 2 is 0.927 bits per heavy atom. The second kappa shape index (κ2) is 28.8. The summed E-state index contributed by atoms with van der Waals surface area (Å²) in [6, 6.07) is 0. The minimum absolute atomic E-state index is 0.0486. The fourth-order valence-corrected chi connectivity index (χ4v) is 6.61. The zero-order valence-electron chi connectivity index (χ0n) is 33.0. The smallest absolute Gasteiger partial charge is 0.308 e. The van der Waals surface area contributed by atoms with Crippen LogP contribution in [0, 0.1) is 0 Å². The molecule has 0 aromatic carbocycles. The van der Waals surface area contributed by atoms with Gasteiger partial charge in [0.15, 0.2) is 18.7 Å². The van der Waals surface area contributed by atoms with E-state index >= 15 is 0 Å². The monoisotopic (exact) mass is 796 g/mol. The van der Waals surface area contributed by atoms with Crippen LogP contribution in [0.5, 0.6) is 0 Å². The fraction of sp³-hybridized carbons (Fsp3) is 0.949. The molecule has 16 nitrogen and oxygen atoms in total. The highest BCUT2D eigenvalue weighted by Crippen LogP contribution is 2.26. The first-order valence-corrected chi connectivity index (χ1v) is 20.7. The van der Waals surface area contributed by atoms with Crippen LogP contribution in [-0.4, -0.2) is 146 Å². The molecule has 0 aromatic rings. The lowest BCUT2D eigenvalue weighted by molar-refractivity contribution is -0.334. The van der Waals surface area contributed by atoms with Crippen molar-refractivity contribution < 1.29 is 78.9 Å². The van der Waals surface area contributed by atoms with Crippen molar-refractivity contribution in [2.75, 3.05) is 19.8 Å². The van der Waals surface area contributed by atoms with Crippen LogP contribution in [0.2, 0.25) is 0 Å². The van der Waals surface area contributed by atoms with Crippen LogP contribution >= 0.6 is 0 Å². The normalized spacial score (nSPS) is 29.5. The van der Waals surface area contributed by atoms with E-state index in [0.717, 1.165) is 57.8 Å². The lowest BCUT2D eigenvalue weighted by Crippen LogP contribution is -2.62. The molecule has 0 amide bonds. The van der Waals surface area contributed by atoms with Gasteiger partial charge in [0.1, 0.15) is 48.8 Å². The predicted octanol–water partition coefficient (Wildman–Crippen LogP) is 2.24. The molecule has 0 aromatic heterocycles. The lowest BCUT2D eigenvalue weighted by Gasteiger charge is -2.42. The molecule has 8 N–H and O–H groups in total. The summed E-state index contributed by atoms with van der Waals surface area (Å²) in [6.45, 7) is 2.40. The predicted molar refractivity (Wildman–Crippen MR) is 198 cm³/mol. The molecule has 0 bridgehead atoms.